The van der Waals surface area contributed by atoms with Crippen LogP contribution in [-0.4, -0.2) is 18.5 Å². The summed E-state index contributed by atoms with van der Waals surface area (Å²) in [5, 5.41) is 8.09. The van der Waals surface area contributed by atoms with Crippen molar-refractivity contribution in [3.05, 3.63) is 34.2 Å². The maximum atomic E-state index is 11.7. The van der Waals surface area contributed by atoms with Gasteiger partial charge in [0.05, 0.1) is 11.1 Å². The fourth-order valence-electron chi connectivity index (χ4n) is 2.36. The molecule has 3 nitrogen and oxygen atoms in total. The molecule has 2 N–H and O–H groups in total. The van der Waals surface area contributed by atoms with Crippen molar-refractivity contribution in [2.24, 2.45) is 0 Å². The predicted molar refractivity (Wildman–Crippen MR) is 79.7 cm³/mol. The molecule has 2 heterocycles. The van der Waals surface area contributed by atoms with Gasteiger partial charge in [0.1, 0.15) is 0 Å². The van der Waals surface area contributed by atoms with Gasteiger partial charge in [0.2, 0.25) is 5.91 Å². The van der Waals surface area contributed by atoms with E-state index in [4.69, 9.17) is 11.6 Å². The third kappa shape index (κ3) is 2.61. The molecule has 1 aromatic carbocycles. The van der Waals surface area contributed by atoms with E-state index in [2.05, 4.69) is 16.7 Å². The van der Waals surface area contributed by atoms with Gasteiger partial charge in [0.25, 0.3) is 0 Å². The molecule has 0 spiro atoms. The highest BCUT2D eigenvalue weighted by Crippen LogP contribution is 2.35. The number of rotatable bonds is 3. The monoisotopic (exact) mass is 294 g/mol. The number of carbonyl (C=O) groups is 1. The summed E-state index contributed by atoms with van der Waals surface area (Å²) in [6.45, 7) is 1.44. The number of amides is 1. The van der Waals surface area contributed by atoms with Crippen LogP contribution in [-0.2, 0) is 11.3 Å². The lowest BCUT2D eigenvalue weighted by atomic mass is 10.1. The lowest BCUT2D eigenvalue weighted by Crippen LogP contribution is -2.47. The Kier molecular flexibility index (Phi) is 3.73. The highest BCUT2D eigenvalue weighted by molar-refractivity contribution is 7.19. The Bertz CT molecular complexity index is 611. The molecule has 0 aliphatic carbocycles. The number of halogens is 1. The van der Waals surface area contributed by atoms with Gasteiger partial charge in [0, 0.05) is 28.1 Å². The SMILES string of the molecule is O=C1NCCCC1NCc1sc2ccccc2c1Cl. The molecule has 19 heavy (non-hydrogen) atoms. The number of hydrogen-bond acceptors (Lipinski definition) is 3. The average Bonchev–Trinajstić information content (AvgIpc) is 2.75. The Balaban J connectivity index is 1.74. The Labute approximate surface area is 121 Å². The summed E-state index contributed by atoms with van der Waals surface area (Å²) in [5.41, 5.74) is 0. The van der Waals surface area contributed by atoms with Crippen molar-refractivity contribution in [1.29, 1.82) is 0 Å². The Morgan fingerprint density at radius 1 is 1.42 bits per heavy atom. The van der Waals surface area contributed by atoms with Crippen molar-refractivity contribution in [3.8, 4) is 0 Å². The zero-order valence-corrected chi connectivity index (χ0v) is 12.0. The molecule has 0 bridgehead atoms. The van der Waals surface area contributed by atoms with Crippen LogP contribution in [0.15, 0.2) is 24.3 Å². The smallest absolute Gasteiger partial charge is 0.237 e. The van der Waals surface area contributed by atoms with E-state index in [0.717, 1.165) is 34.7 Å². The number of piperidine rings is 1. The van der Waals surface area contributed by atoms with Crippen LogP contribution in [0.1, 0.15) is 17.7 Å². The summed E-state index contributed by atoms with van der Waals surface area (Å²) in [4.78, 5) is 12.8. The normalized spacial score (nSPS) is 19.6. The number of benzene rings is 1. The second kappa shape index (κ2) is 5.49. The molecular weight excluding hydrogens is 280 g/mol. The molecule has 0 radical (unpaired) electrons. The first-order valence-electron chi connectivity index (χ1n) is 6.42. The Morgan fingerprint density at radius 3 is 3.05 bits per heavy atom. The average molecular weight is 295 g/mol. The van der Waals surface area contributed by atoms with E-state index in [1.54, 1.807) is 11.3 Å². The number of fused-ring (bicyclic) bond motifs is 1. The van der Waals surface area contributed by atoms with Crippen LogP contribution < -0.4 is 10.6 Å². The lowest BCUT2D eigenvalue weighted by Gasteiger charge is -2.22. The zero-order chi connectivity index (χ0) is 13.2. The highest BCUT2D eigenvalue weighted by atomic mass is 35.5. The quantitative estimate of drug-likeness (QED) is 0.914. The minimum atomic E-state index is -0.0879. The first kappa shape index (κ1) is 12.9. The van der Waals surface area contributed by atoms with Gasteiger partial charge >= 0.3 is 0 Å². The predicted octanol–water partition coefficient (Wildman–Crippen LogP) is 2.92. The third-order valence-electron chi connectivity index (χ3n) is 3.40. The van der Waals surface area contributed by atoms with E-state index in [-0.39, 0.29) is 11.9 Å². The first-order chi connectivity index (χ1) is 9.25. The van der Waals surface area contributed by atoms with E-state index in [1.807, 2.05) is 18.2 Å². The Hall–Kier alpha value is -1.10. The van der Waals surface area contributed by atoms with Crippen LogP contribution in [0.2, 0.25) is 5.02 Å². The fraction of sp³-hybridized carbons (Fsp3) is 0.357. The topological polar surface area (TPSA) is 41.1 Å². The molecule has 1 atom stereocenters. The summed E-state index contributed by atoms with van der Waals surface area (Å²) in [7, 11) is 0. The summed E-state index contributed by atoms with van der Waals surface area (Å²) in [6.07, 6.45) is 1.93. The molecule has 3 rings (SSSR count). The molecule has 1 fully saturated rings. The molecule has 1 aliphatic rings. The van der Waals surface area contributed by atoms with Gasteiger partial charge in [-0.05, 0) is 18.9 Å². The molecule has 0 saturated carbocycles. The largest absolute Gasteiger partial charge is 0.355 e. The molecular formula is C14H15ClN2OS. The van der Waals surface area contributed by atoms with Crippen molar-refractivity contribution < 1.29 is 4.79 Å². The molecule has 2 aromatic rings. The van der Waals surface area contributed by atoms with E-state index in [9.17, 15) is 4.79 Å². The minimum absolute atomic E-state index is 0.0879. The first-order valence-corrected chi connectivity index (χ1v) is 7.62. The molecule has 1 amide bonds. The van der Waals surface area contributed by atoms with Crippen molar-refractivity contribution >= 4 is 38.9 Å². The number of nitrogens with one attached hydrogen (secondary N) is 2. The van der Waals surface area contributed by atoms with Crippen LogP contribution in [0.4, 0.5) is 0 Å². The number of thiophene rings is 1. The summed E-state index contributed by atoms with van der Waals surface area (Å²) in [6, 6.07) is 8.02. The third-order valence-corrected chi connectivity index (χ3v) is 5.11. The van der Waals surface area contributed by atoms with Gasteiger partial charge in [-0.15, -0.1) is 11.3 Å². The number of carbonyl (C=O) groups excluding carboxylic acids is 1. The summed E-state index contributed by atoms with van der Waals surface area (Å²) < 4.78 is 1.19. The van der Waals surface area contributed by atoms with Gasteiger partial charge in [-0.1, -0.05) is 29.8 Å². The van der Waals surface area contributed by atoms with E-state index >= 15 is 0 Å². The van der Waals surface area contributed by atoms with Crippen LogP contribution in [0.5, 0.6) is 0 Å². The van der Waals surface area contributed by atoms with Gasteiger partial charge in [-0.3, -0.25) is 4.79 Å². The van der Waals surface area contributed by atoms with Crippen molar-refractivity contribution in [2.45, 2.75) is 25.4 Å². The van der Waals surface area contributed by atoms with Crippen molar-refractivity contribution in [2.75, 3.05) is 6.54 Å². The van der Waals surface area contributed by atoms with E-state index in [0.29, 0.717) is 6.54 Å². The molecule has 100 valence electrons. The maximum Gasteiger partial charge on any atom is 0.237 e. The van der Waals surface area contributed by atoms with Crippen molar-refractivity contribution in [1.82, 2.24) is 10.6 Å². The van der Waals surface area contributed by atoms with E-state index < -0.39 is 0 Å². The van der Waals surface area contributed by atoms with Gasteiger partial charge in [-0.25, -0.2) is 0 Å². The molecule has 1 aliphatic heterocycles. The second-order valence-corrected chi connectivity index (χ2v) is 6.22. The number of hydrogen-bond donors (Lipinski definition) is 2. The lowest BCUT2D eigenvalue weighted by molar-refractivity contribution is -0.124. The zero-order valence-electron chi connectivity index (χ0n) is 10.4. The van der Waals surface area contributed by atoms with Crippen LogP contribution in [0.25, 0.3) is 10.1 Å². The van der Waals surface area contributed by atoms with Crippen molar-refractivity contribution in [3.63, 3.8) is 0 Å². The minimum Gasteiger partial charge on any atom is -0.355 e. The fourth-order valence-corrected chi connectivity index (χ4v) is 3.81. The van der Waals surface area contributed by atoms with Crippen LogP contribution in [0, 0.1) is 0 Å². The molecule has 5 heteroatoms. The summed E-state index contributed by atoms with van der Waals surface area (Å²) >= 11 is 8.07. The molecule has 1 aromatic heterocycles. The van der Waals surface area contributed by atoms with Crippen LogP contribution >= 0.6 is 22.9 Å². The Morgan fingerprint density at radius 2 is 2.26 bits per heavy atom. The molecule has 1 unspecified atom stereocenters. The van der Waals surface area contributed by atoms with Gasteiger partial charge in [0.15, 0.2) is 0 Å². The highest BCUT2D eigenvalue weighted by Gasteiger charge is 2.21. The van der Waals surface area contributed by atoms with Crippen LogP contribution in [0.3, 0.4) is 0 Å². The molecule has 1 saturated heterocycles. The van der Waals surface area contributed by atoms with Gasteiger partial charge in [-0.2, -0.15) is 0 Å². The summed E-state index contributed by atoms with van der Waals surface area (Å²) in [5.74, 6) is 0.100. The van der Waals surface area contributed by atoms with Gasteiger partial charge < -0.3 is 10.6 Å². The standard InChI is InChI=1S/C14H15ClN2OS/c15-13-9-4-1-2-6-11(9)19-12(13)8-17-10-5-3-7-16-14(10)18/h1-2,4,6,10,17H,3,5,7-8H2,(H,16,18). The van der Waals surface area contributed by atoms with E-state index in [1.165, 1.54) is 4.70 Å². The second-order valence-electron chi connectivity index (χ2n) is 4.70. The maximum absolute atomic E-state index is 11.7.